The first kappa shape index (κ1) is 13.3. The highest BCUT2D eigenvalue weighted by Crippen LogP contribution is 2.20. The van der Waals surface area contributed by atoms with E-state index in [0.29, 0.717) is 19.4 Å². The summed E-state index contributed by atoms with van der Waals surface area (Å²) in [6.07, 6.45) is 0.170. The first-order valence-corrected chi connectivity index (χ1v) is 5.28. The van der Waals surface area contributed by atoms with Gasteiger partial charge in [-0.05, 0) is 26.7 Å². The van der Waals surface area contributed by atoms with Crippen molar-refractivity contribution in [3.05, 3.63) is 0 Å². The maximum atomic E-state index is 11.7. The molecule has 0 bridgehead atoms. The van der Waals surface area contributed by atoms with Crippen LogP contribution in [-0.4, -0.2) is 46.2 Å². The minimum Gasteiger partial charge on any atom is -0.480 e. The lowest BCUT2D eigenvalue weighted by Gasteiger charge is -2.27. The van der Waals surface area contributed by atoms with Crippen LogP contribution in [0, 0.1) is 0 Å². The molecule has 0 unspecified atom stereocenters. The number of aliphatic carboxylic acids is 1. The van der Waals surface area contributed by atoms with Gasteiger partial charge < -0.3 is 15.6 Å². The second-order valence-electron chi connectivity index (χ2n) is 4.43. The van der Waals surface area contributed by atoms with Gasteiger partial charge in [-0.15, -0.1) is 0 Å². The van der Waals surface area contributed by atoms with Crippen molar-refractivity contribution in [2.24, 2.45) is 5.73 Å². The zero-order valence-electron chi connectivity index (χ0n) is 9.80. The minimum absolute atomic E-state index is 0.310. The quantitative estimate of drug-likeness (QED) is 0.722. The number of carbonyl (C=O) groups is 3. The highest BCUT2D eigenvalue weighted by molar-refractivity contribution is 5.86. The average molecular weight is 244 g/mol. The summed E-state index contributed by atoms with van der Waals surface area (Å²) >= 11 is 0. The number of carboxylic acids is 1. The molecule has 1 aliphatic heterocycles. The maximum absolute atomic E-state index is 11.7. The molecule has 1 aliphatic rings. The summed E-state index contributed by atoms with van der Waals surface area (Å²) in [6, 6.07) is -0.883. The van der Waals surface area contributed by atoms with E-state index in [1.165, 1.54) is 13.8 Å². The van der Waals surface area contributed by atoms with E-state index in [2.05, 4.69) is 0 Å². The normalized spacial score (nSPS) is 20.1. The molecule has 3 N–H and O–H groups in total. The lowest BCUT2D eigenvalue weighted by atomic mass is 10.1. The van der Waals surface area contributed by atoms with Gasteiger partial charge in [-0.25, -0.2) is 9.59 Å². The molecule has 7 nitrogen and oxygen atoms in total. The molecule has 1 atom stereocenters. The first-order chi connectivity index (χ1) is 7.75. The highest BCUT2D eigenvalue weighted by Gasteiger charge is 2.38. The van der Waals surface area contributed by atoms with Crippen LogP contribution in [0.15, 0.2) is 0 Å². The fraction of sp³-hybridized carbons (Fsp3) is 0.700. The summed E-state index contributed by atoms with van der Waals surface area (Å²) < 4.78 is 4.91. The third kappa shape index (κ3) is 2.86. The Labute approximate surface area is 98.5 Å². The molecular formula is C10H16N2O5. The number of nitrogens with two attached hydrogens (primary N) is 1. The van der Waals surface area contributed by atoms with Crippen molar-refractivity contribution in [1.82, 2.24) is 4.90 Å². The van der Waals surface area contributed by atoms with Gasteiger partial charge in [-0.3, -0.25) is 9.69 Å². The second kappa shape index (κ2) is 4.60. The molecule has 1 heterocycles. The van der Waals surface area contributed by atoms with Crippen molar-refractivity contribution in [1.29, 1.82) is 0 Å². The van der Waals surface area contributed by atoms with Crippen molar-refractivity contribution in [3.63, 3.8) is 0 Å². The summed E-state index contributed by atoms with van der Waals surface area (Å²) in [7, 11) is 0. The van der Waals surface area contributed by atoms with Gasteiger partial charge in [0.2, 0.25) is 0 Å². The zero-order chi connectivity index (χ0) is 13.2. The molecule has 1 rings (SSSR count). The van der Waals surface area contributed by atoms with Crippen LogP contribution in [0.5, 0.6) is 0 Å². The lowest BCUT2D eigenvalue weighted by molar-refractivity contribution is -0.142. The number of hydrogen-bond donors (Lipinski definition) is 2. The summed E-state index contributed by atoms with van der Waals surface area (Å²) in [5, 5.41) is 8.90. The molecular weight excluding hydrogens is 228 g/mol. The summed E-state index contributed by atoms with van der Waals surface area (Å²) in [5.41, 5.74) is 3.62. The van der Waals surface area contributed by atoms with Crippen molar-refractivity contribution >= 4 is 18.0 Å². The van der Waals surface area contributed by atoms with Crippen LogP contribution < -0.4 is 5.73 Å². The van der Waals surface area contributed by atoms with Crippen molar-refractivity contribution in [2.75, 3.05) is 6.54 Å². The number of primary amides is 1. The SMILES string of the molecule is CC(C)(OC(=O)N1CCC[C@H]1C(=O)O)C(N)=O. The molecule has 1 fully saturated rings. The number of carbonyl (C=O) groups excluding carboxylic acids is 2. The molecule has 0 aromatic heterocycles. The number of likely N-dealkylation sites (tertiary alicyclic amines) is 1. The topological polar surface area (TPSA) is 110 Å². The summed E-state index contributed by atoms with van der Waals surface area (Å²) in [4.78, 5) is 34.7. The monoisotopic (exact) mass is 244 g/mol. The van der Waals surface area contributed by atoms with E-state index in [1.807, 2.05) is 0 Å². The molecule has 0 saturated carbocycles. The van der Waals surface area contributed by atoms with Gasteiger partial charge in [-0.1, -0.05) is 0 Å². The lowest BCUT2D eigenvalue weighted by Crippen LogP contribution is -2.48. The number of carboxylic acid groups (broad SMARTS) is 1. The van der Waals surface area contributed by atoms with E-state index in [0.717, 1.165) is 4.90 Å². The Bertz CT molecular complexity index is 353. The number of hydrogen-bond acceptors (Lipinski definition) is 4. The molecule has 0 aromatic carbocycles. The molecule has 1 saturated heterocycles. The second-order valence-corrected chi connectivity index (χ2v) is 4.43. The largest absolute Gasteiger partial charge is 0.480 e. The predicted molar refractivity (Wildman–Crippen MR) is 57.1 cm³/mol. The fourth-order valence-electron chi connectivity index (χ4n) is 1.57. The average Bonchev–Trinajstić information content (AvgIpc) is 2.64. The van der Waals surface area contributed by atoms with Gasteiger partial charge in [0.1, 0.15) is 6.04 Å². The van der Waals surface area contributed by atoms with Gasteiger partial charge >= 0.3 is 12.1 Å². The molecule has 0 radical (unpaired) electrons. The van der Waals surface area contributed by atoms with E-state index >= 15 is 0 Å². The van der Waals surface area contributed by atoms with Gasteiger partial charge in [0.25, 0.3) is 5.91 Å². The zero-order valence-corrected chi connectivity index (χ0v) is 9.80. The minimum atomic E-state index is -1.44. The van der Waals surface area contributed by atoms with Crippen LogP contribution in [0.2, 0.25) is 0 Å². The van der Waals surface area contributed by atoms with E-state index in [-0.39, 0.29) is 0 Å². The van der Waals surface area contributed by atoms with Crippen molar-refractivity contribution < 1.29 is 24.2 Å². The Morgan fingerprint density at radius 2 is 2.00 bits per heavy atom. The third-order valence-electron chi connectivity index (χ3n) is 2.71. The number of ether oxygens (including phenoxy) is 1. The maximum Gasteiger partial charge on any atom is 0.411 e. The van der Waals surface area contributed by atoms with Gasteiger partial charge in [0.15, 0.2) is 5.60 Å². The molecule has 17 heavy (non-hydrogen) atoms. The van der Waals surface area contributed by atoms with Crippen LogP contribution in [0.1, 0.15) is 26.7 Å². The Balaban J connectivity index is 2.71. The highest BCUT2D eigenvalue weighted by atomic mass is 16.6. The van der Waals surface area contributed by atoms with E-state index in [9.17, 15) is 14.4 Å². The van der Waals surface area contributed by atoms with Gasteiger partial charge in [0.05, 0.1) is 0 Å². The van der Waals surface area contributed by atoms with E-state index < -0.39 is 29.6 Å². The Kier molecular flexibility index (Phi) is 3.59. The van der Waals surface area contributed by atoms with E-state index in [4.69, 9.17) is 15.6 Å². The summed E-state index contributed by atoms with van der Waals surface area (Å²) in [5.74, 6) is -1.85. The number of amides is 2. The standard InChI is InChI=1S/C10H16N2O5/c1-10(2,8(11)15)17-9(16)12-5-3-4-6(12)7(13)14/h6H,3-5H2,1-2H3,(H2,11,15)(H,13,14)/t6-/m0/s1. The van der Waals surface area contributed by atoms with E-state index in [1.54, 1.807) is 0 Å². The third-order valence-corrected chi connectivity index (χ3v) is 2.71. The Hall–Kier alpha value is -1.79. The molecule has 0 aromatic rings. The first-order valence-electron chi connectivity index (χ1n) is 5.28. The van der Waals surface area contributed by atoms with Crippen LogP contribution >= 0.6 is 0 Å². The van der Waals surface area contributed by atoms with Gasteiger partial charge in [0, 0.05) is 6.54 Å². The molecule has 7 heteroatoms. The fourth-order valence-corrected chi connectivity index (χ4v) is 1.57. The summed E-state index contributed by atoms with van der Waals surface area (Å²) in [6.45, 7) is 3.03. The van der Waals surface area contributed by atoms with Gasteiger partial charge in [-0.2, -0.15) is 0 Å². The molecule has 0 aliphatic carbocycles. The van der Waals surface area contributed by atoms with Crippen LogP contribution in [0.3, 0.4) is 0 Å². The van der Waals surface area contributed by atoms with Crippen molar-refractivity contribution in [2.45, 2.75) is 38.3 Å². The van der Waals surface area contributed by atoms with Crippen LogP contribution in [0.25, 0.3) is 0 Å². The number of rotatable bonds is 3. The smallest absolute Gasteiger partial charge is 0.411 e. The number of nitrogens with zero attached hydrogens (tertiary/aromatic N) is 1. The Morgan fingerprint density at radius 1 is 1.41 bits per heavy atom. The molecule has 2 amide bonds. The predicted octanol–water partition coefficient (Wildman–Crippen LogP) is -0.0641. The molecule has 0 spiro atoms. The van der Waals surface area contributed by atoms with Crippen LogP contribution in [0.4, 0.5) is 4.79 Å². The van der Waals surface area contributed by atoms with Crippen molar-refractivity contribution in [3.8, 4) is 0 Å². The molecule has 96 valence electrons. The van der Waals surface area contributed by atoms with Crippen LogP contribution in [-0.2, 0) is 14.3 Å². The Morgan fingerprint density at radius 3 is 2.47 bits per heavy atom.